The van der Waals surface area contributed by atoms with Crippen LogP contribution in [0.4, 0.5) is 9.18 Å². The molecule has 2 aromatic carbocycles. The highest BCUT2D eigenvalue weighted by atomic mass is 32.2. The lowest BCUT2D eigenvalue weighted by Crippen LogP contribution is -2.33. The summed E-state index contributed by atoms with van der Waals surface area (Å²) in [5.74, 6) is -0.368. The number of thiophene rings is 1. The number of benzene rings is 2. The van der Waals surface area contributed by atoms with E-state index in [2.05, 4.69) is 10.0 Å². The van der Waals surface area contributed by atoms with Gasteiger partial charge in [0.15, 0.2) is 0 Å². The van der Waals surface area contributed by atoms with E-state index in [0.29, 0.717) is 29.3 Å². The van der Waals surface area contributed by atoms with E-state index in [9.17, 15) is 17.6 Å². The molecule has 2 N–H and O–H groups in total. The van der Waals surface area contributed by atoms with Crippen LogP contribution in [0.15, 0.2) is 52.7 Å². The Bertz CT molecular complexity index is 1250. The molecule has 3 rings (SSSR count). The molecule has 0 aliphatic carbocycles. The number of ether oxygens (including phenoxy) is 1. The van der Waals surface area contributed by atoms with Gasteiger partial charge >= 0.3 is 6.09 Å². The van der Waals surface area contributed by atoms with Crippen LogP contribution in [0.1, 0.15) is 38.3 Å². The predicted octanol–water partition coefficient (Wildman–Crippen LogP) is 4.91. The number of hydrogen-bond acceptors (Lipinski definition) is 6. The van der Waals surface area contributed by atoms with E-state index in [1.807, 2.05) is 42.3 Å². The first-order valence-corrected chi connectivity index (χ1v) is 14.1. The maximum Gasteiger partial charge on any atom is 0.407 e. The third-order valence-corrected chi connectivity index (χ3v) is 8.45. The van der Waals surface area contributed by atoms with Crippen LogP contribution in [-0.2, 0) is 27.7 Å². The summed E-state index contributed by atoms with van der Waals surface area (Å²) in [4.78, 5) is 13.8. The summed E-state index contributed by atoms with van der Waals surface area (Å²) in [5.41, 5.74) is 0.656. The van der Waals surface area contributed by atoms with Crippen molar-refractivity contribution in [2.45, 2.75) is 50.0 Å². The molecule has 0 aliphatic rings. The van der Waals surface area contributed by atoms with Gasteiger partial charge in [-0.25, -0.2) is 22.3 Å². The maximum absolute atomic E-state index is 14.4. The zero-order valence-electron chi connectivity index (χ0n) is 21.1. The van der Waals surface area contributed by atoms with Gasteiger partial charge in [-0.1, -0.05) is 30.3 Å². The van der Waals surface area contributed by atoms with Crippen molar-refractivity contribution in [2.75, 3.05) is 26.7 Å². The molecular weight excluding hydrogens is 501 g/mol. The fourth-order valence-electron chi connectivity index (χ4n) is 3.57. The van der Waals surface area contributed by atoms with Crippen LogP contribution in [0.3, 0.4) is 0 Å². The molecule has 196 valence electrons. The summed E-state index contributed by atoms with van der Waals surface area (Å²) in [7, 11) is -1.61. The van der Waals surface area contributed by atoms with Gasteiger partial charge < -0.3 is 15.0 Å². The molecule has 0 radical (unpaired) electrons. The van der Waals surface area contributed by atoms with Crippen LogP contribution in [0, 0.1) is 5.82 Å². The zero-order valence-corrected chi connectivity index (χ0v) is 22.8. The molecule has 0 saturated heterocycles. The van der Waals surface area contributed by atoms with Gasteiger partial charge in [0.2, 0.25) is 10.0 Å². The second-order valence-corrected chi connectivity index (χ2v) is 12.8. The van der Waals surface area contributed by atoms with Crippen molar-refractivity contribution < 1.29 is 22.3 Å². The van der Waals surface area contributed by atoms with Gasteiger partial charge in [-0.15, -0.1) is 11.3 Å². The van der Waals surface area contributed by atoms with Crippen molar-refractivity contribution in [2.24, 2.45) is 0 Å². The number of carbonyl (C=O) groups is 1. The number of nitrogens with zero attached hydrogens (tertiary/aromatic N) is 1. The molecule has 1 amide bonds. The molecule has 0 aliphatic heterocycles. The lowest BCUT2D eigenvalue weighted by Gasteiger charge is -2.19. The highest BCUT2D eigenvalue weighted by Crippen LogP contribution is 2.28. The number of hydrogen-bond donors (Lipinski definition) is 2. The number of aryl methyl sites for hydroxylation is 1. The second kappa shape index (κ2) is 12.1. The number of amides is 1. The Balaban J connectivity index is 1.38. The minimum absolute atomic E-state index is 0.0567. The largest absolute Gasteiger partial charge is 0.444 e. The van der Waals surface area contributed by atoms with E-state index in [-0.39, 0.29) is 12.4 Å². The molecule has 1 aromatic heterocycles. The first-order valence-electron chi connectivity index (χ1n) is 11.8. The van der Waals surface area contributed by atoms with E-state index in [4.69, 9.17) is 4.74 Å². The first kappa shape index (κ1) is 28.0. The number of likely N-dealkylation sites (N-methyl/N-ethyl adjacent to an activating group) is 1. The van der Waals surface area contributed by atoms with Crippen molar-refractivity contribution in [3.05, 3.63) is 65.5 Å². The summed E-state index contributed by atoms with van der Waals surface area (Å²) >= 11 is 1.26. The van der Waals surface area contributed by atoms with Gasteiger partial charge in [0.25, 0.3) is 0 Å². The zero-order chi connectivity index (χ0) is 26.3. The second-order valence-electron chi connectivity index (χ2n) is 9.69. The Labute approximate surface area is 216 Å². The van der Waals surface area contributed by atoms with Gasteiger partial charge in [0.05, 0.1) is 0 Å². The van der Waals surface area contributed by atoms with Crippen LogP contribution in [0.5, 0.6) is 0 Å². The van der Waals surface area contributed by atoms with Crippen LogP contribution in [0.2, 0.25) is 0 Å². The fourth-order valence-corrected chi connectivity index (χ4v) is 6.03. The summed E-state index contributed by atoms with van der Waals surface area (Å²) in [6, 6.07) is 14.3. The Kier molecular flexibility index (Phi) is 9.46. The standard InChI is InChI=1S/C26H34FN3O4S2/c1-26(2,3)34-25(31)28-18-21-12-11-19(16-22(21)27)8-7-14-30(4)15-13-29-36(32,33)24-17-20-9-5-6-10-23(20)35-24/h5-6,9-12,16-17,29H,7-8,13-15,18H2,1-4H3,(H,28,31). The van der Waals surface area contributed by atoms with Gasteiger partial charge in [-0.2, -0.15) is 0 Å². The summed E-state index contributed by atoms with van der Waals surface area (Å²) in [6.07, 6.45) is 0.906. The quantitative estimate of drug-likeness (QED) is 0.364. The third kappa shape index (κ3) is 8.55. The van der Waals surface area contributed by atoms with Crippen LogP contribution in [0.25, 0.3) is 10.1 Å². The number of fused-ring (bicyclic) bond motifs is 1. The number of halogens is 1. The Morgan fingerprint density at radius 1 is 1.11 bits per heavy atom. The van der Waals surface area contributed by atoms with Gasteiger partial charge in [0, 0.05) is 29.9 Å². The van der Waals surface area contributed by atoms with E-state index in [1.165, 1.54) is 17.4 Å². The molecule has 7 nitrogen and oxygen atoms in total. The first-order chi connectivity index (χ1) is 16.9. The van der Waals surface area contributed by atoms with Gasteiger partial charge in [-0.3, -0.25) is 0 Å². The monoisotopic (exact) mass is 535 g/mol. The van der Waals surface area contributed by atoms with E-state index in [0.717, 1.165) is 28.6 Å². The number of sulfonamides is 1. The number of alkyl carbamates (subject to hydrolysis) is 1. The van der Waals surface area contributed by atoms with Gasteiger partial charge in [-0.05, 0) is 76.4 Å². The SMILES string of the molecule is CN(CCCc1ccc(CNC(=O)OC(C)(C)C)c(F)c1)CCNS(=O)(=O)c1cc2ccccc2s1. The average Bonchev–Trinajstić information content (AvgIpc) is 3.23. The highest BCUT2D eigenvalue weighted by Gasteiger charge is 2.18. The van der Waals surface area contributed by atoms with E-state index >= 15 is 0 Å². The molecule has 10 heteroatoms. The molecule has 0 saturated carbocycles. The molecule has 1 heterocycles. The molecular formula is C26H34FN3O4S2. The van der Waals surface area contributed by atoms with E-state index in [1.54, 1.807) is 32.9 Å². The molecule has 0 atom stereocenters. The number of nitrogens with one attached hydrogen (secondary N) is 2. The van der Waals surface area contributed by atoms with Crippen molar-refractivity contribution >= 4 is 37.5 Å². The van der Waals surface area contributed by atoms with Crippen molar-refractivity contribution in [3.63, 3.8) is 0 Å². The Morgan fingerprint density at radius 3 is 2.56 bits per heavy atom. The maximum atomic E-state index is 14.4. The molecule has 36 heavy (non-hydrogen) atoms. The van der Waals surface area contributed by atoms with E-state index < -0.39 is 21.7 Å². The summed E-state index contributed by atoms with van der Waals surface area (Å²) in [5, 5.41) is 3.49. The van der Waals surface area contributed by atoms with Crippen LogP contribution >= 0.6 is 11.3 Å². The van der Waals surface area contributed by atoms with Crippen molar-refractivity contribution in [1.82, 2.24) is 14.9 Å². The molecule has 0 spiro atoms. The van der Waals surface area contributed by atoms with Crippen LogP contribution < -0.4 is 10.0 Å². The van der Waals surface area contributed by atoms with Crippen LogP contribution in [-0.4, -0.2) is 51.7 Å². The fraction of sp³-hybridized carbons (Fsp3) is 0.423. The lowest BCUT2D eigenvalue weighted by atomic mass is 10.1. The Morgan fingerprint density at radius 2 is 1.86 bits per heavy atom. The van der Waals surface area contributed by atoms with Gasteiger partial charge in [0.1, 0.15) is 15.6 Å². The minimum Gasteiger partial charge on any atom is -0.444 e. The third-order valence-electron chi connectivity index (χ3n) is 5.40. The molecule has 0 unspecified atom stereocenters. The summed E-state index contributed by atoms with van der Waals surface area (Å²) < 4.78 is 48.7. The smallest absolute Gasteiger partial charge is 0.407 e. The van der Waals surface area contributed by atoms with Crippen molar-refractivity contribution in [1.29, 1.82) is 0 Å². The number of rotatable bonds is 11. The minimum atomic E-state index is -3.54. The summed E-state index contributed by atoms with van der Waals surface area (Å²) in [6.45, 7) is 6.98. The Hall–Kier alpha value is -2.53. The highest BCUT2D eigenvalue weighted by molar-refractivity contribution is 7.91. The number of carbonyl (C=O) groups excluding carboxylic acids is 1. The average molecular weight is 536 g/mol. The predicted molar refractivity (Wildman–Crippen MR) is 142 cm³/mol. The lowest BCUT2D eigenvalue weighted by molar-refractivity contribution is 0.0523. The normalized spacial score (nSPS) is 12.3. The topological polar surface area (TPSA) is 87.7 Å². The molecule has 3 aromatic rings. The van der Waals surface area contributed by atoms with Crippen molar-refractivity contribution in [3.8, 4) is 0 Å². The molecule has 0 fully saturated rings. The molecule has 0 bridgehead atoms.